The zero-order valence-electron chi connectivity index (χ0n) is 10.2. The van der Waals surface area contributed by atoms with Crippen molar-refractivity contribution in [1.82, 2.24) is 0 Å². The van der Waals surface area contributed by atoms with E-state index < -0.39 is 0 Å². The second-order valence-corrected chi connectivity index (χ2v) is 4.51. The number of rotatable bonds is 5. The molecule has 0 bridgehead atoms. The lowest BCUT2D eigenvalue weighted by atomic mass is 10.1. The number of benzene rings is 1. The molecule has 16 heavy (non-hydrogen) atoms. The second kappa shape index (κ2) is 5.85. The molecule has 1 aromatic carbocycles. The average molecular weight is 225 g/mol. The SMILES string of the molecule is CC(C)CCOc1ccc(C(C)N)cc1F. The molecule has 0 heterocycles. The van der Waals surface area contributed by atoms with Gasteiger partial charge in [-0.05, 0) is 37.0 Å². The Morgan fingerprint density at radius 3 is 2.50 bits per heavy atom. The lowest BCUT2D eigenvalue weighted by molar-refractivity contribution is 0.276. The Kier molecular flexibility index (Phi) is 4.74. The minimum atomic E-state index is -0.335. The fraction of sp³-hybridized carbons (Fsp3) is 0.538. The van der Waals surface area contributed by atoms with Gasteiger partial charge in [-0.1, -0.05) is 19.9 Å². The van der Waals surface area contributed by atoms with Gasteiger partial charge in [0.25, 0.3) is 0 Å². The van der Waals surface area contributed by atoms with Gasteiger partial charge in [0.2, 0.25) is 0 Å². The van der Waals surface area contributed by atoms with Crippen molar-refractivity contribution in [1.29, 1.82) is 0 Å². The first kappa shape index (κ1) is 13.0. The van der Waals surface area contributed by atoms with E-state index in [0.29, 0.717) is 18.3 Å². The Balaban J connectivity index is 2.61. The molecule has 2 nitrogen and oxygen atoms in total. The van der Waals surface area contributed by atoms with Gasteiger partial charge in [-0.15, -0.1) is 0 Å². The minimum Gasteiger partial charge on any atom is -0.491 e. The van der Waals surface area contributed by atoms with Crippen LogP contribution in [0.15, 0.2) is 18.2 Å². The number of hydrogen-bond acceptors (Lipinski definition) is 2. The zero-order chi connectivity index (χ0) is 12.1. The lowest BCUT2D eigenvalue weighted by Crippen LogP contribution is -2.07. The maximum atomic E-state index is 13.6. The summed E-state index contributed by atoms with van der Waals surface area (Å²) in [7, 11) is 0. The van der Waals surface area contributed by atoms with E-state index in [4.69, 9.17) is 10.5 Å². The van der Waals surface area contributed by atoms with Crippen molar-refractivity contribution >= 4 is 0 Å². The number of nitrogens with two attached hydrogens (primary N) is 1. The van der Waals surface area contributed by atoms with E-state index in [1.807, 2.05) is 6.92 Å². The van der Waals surface area contributed by atoms with Gasteiger partial charge < -0.3 is 10.5 Å². The summed E-state index contributed by atoms with van der Waals surface area (Å²) >= 11 is 0. The van der Waals surface area contributed by atoms with Gasteiger partial charge in [-0.25, -0.2) is 4.39 Å². The van der Waals surface area contributed by atoms with Crippen LogP contribution >= 0.6 is 0 Å². The molecule has 0 aromatic heterocycles. The third-order valence-corrected chi connectivity index (χ3v) is 2.43. The molecule has 0 radical (unpaired) electrons. The molecule has 1 rings (SSSR count). The first-order valence-corrected chi connectivity index (χ1v) is 5.68. The predicted octanol–water partition coefficient (Wildman–Crippen LogP) is 3.27. The number of hydrogen-bond donors (Lipinski definition) is 1. The van der Waals surface area contributed by atoms with Crippen LogP contribution in [-0.2, 0) is 0 Å². The van der Waals surface area contributed by atoms with Crippen LogP contribution in [0.25, 0.3) is 0 Å². The maximum Gasteiger partial charge on any atom is 0.165 e. The average Bonchev–Trinajstić information content (AvgIpc) is 2.19. The molecule has 90 valence electrons. The van der Waals surface area contributed by atoms with E-state index in [-0.39, 0.29) is 11.9 Å². The molecule has 0 fully saturated rings. The Bertz CT molecular complexity index is 337. The standard InChI is InChI=1S/C13H20FNO/c1-9(2)6-7-16-13-5-4-11(10(3)15)8-12(13)14/h4-5,8-10H,6-7,15H2,1-3H3. The molecule has 0 aliphatic rings. The molecule has 1 aromatic rings. The smallest absolute Gasteiger partial charge is 0.165 e. The maximum absolute atomic E-state index is 13.6. The van der Waals surface area contributed by atoms with Crippen LogP contribution < -0.4 is 10.5 Å². The Morgan fingerprint density at radius 1 is 1.31 bits per heavy atom. The van der Waals surface area contributed by atoms with E-state index in [1.165, 1.54) is 6.07 Å². The molecule has 1 unspecified atom stereocenters. The van der Waals surface area contributed by atoms with E-state index in [9.17, 15) is 4.39 Å². The first-order chi connectivity index (χ1) is 7.50. The minimum absolute atomic E-state index is 0.154. The Morgan fingerprint density at radius 2 is 2.00 bits per heavy atom. The third-order valence-electron chi connectivity index (χ3n) is 2.43. The van der Waals surface area contributed by atoms with Gasteiger partial charge in [-0.3, -0.25) is 0 Å². The summed E-state index contributed by atoms with van der Waals surface area (Å²) in [5.41, 5.74) is 6.45. The molecule has 1 atom stereocenters. The number of ether oxygens (including phenoxy) is 1. The molecule has 0 aliphatic heterocycles. The summed E-state index contributed by atoms with van der Waals surface area (Å²) < 4.78 is 18.9. The summed E-state index contributed by atoms with van der Waals surface area (Å²) in [6.45, 7) is 6.60. The molecule has 0 aliphatic carbocycles. The fourth-order valence-corrected chi connectivity index (χ4v) is 1.32. The van der Waals surface area contributed by atoms with Crippen LogP contribution in [0.1, 0.15) is 38.8 Å². The van der Waals surface area contributed by atoms with Gasteiger partial charge in [0.15, 0.2) is 11.6 Å². The molecule has 3 heteroatoms. The molecule has 2 N–H and O–H groups in total. The third kappa shape index (κ3) is 3.81. The highest BCUT2D eigenvalue weighted by atomic mass is 19.1. The van der Waals surface area contributed by atoms with E-state index in [0.717, 1.165) is 12.0 Å². The van der Waals surface area contributed by atoms with Gasteiger partial charge in [0.05, 0.1) is 6.61 Å². The predicted molar refractivity (Wildman–Crippen MR) is 64.0 cm³/mol. The van der Waals surface area contributed by atoms with Crippen molar-refractivity contribution < 1.29 is 9.13 Å². The summed E-state index contributed by atoms with van der Waals surface area (Å²) in [4.78, 5) is 0. The highest BCUT2D eigenvalue weighted by molar-refractivity contribution is 5.30. The topological polar surface area (TPSA) is 35.2 Å². The summed E-state index contributed by atoms with van der Waals surface area (Å²) in [5, 5.41) is 0. The molecular formula is C13H20FNO. The molecular weight excluding hydrogens is 205 g/mol. The van der Waals surface area contributed by atoms with Gasteiger partial charge in [0.1, 0.15) is 0 Å². The molecule has 0 spiro atoms. The van der Waals surface area contributed by atoms with Crippen LogP contribution in [0.3, 0.4) is 0 Å². The van der Waals surface area contributed by atoms with Crippen molar-refractivity contribution in [3.05, 3.63) is 29.6 Å². The van der Waals surface area contributed by atoms with Crippen LogP contribution in [0.2, 0.25) is 0 Å². The van der Waals surface area contributed by atoms with Crippen molar-refractivity contribution in [3.63, 3.8) is 0 Å². The van der Waals surface area contributed by atoms with Gasteiger partial charge >= 0.3 is 0 Å². The summed E-state index contributed by atoms with van der Waals surface area (Å²) in [6, 6.07) is 4.74. The van der Waals surface area contributed by atoms with Crippen LogP contribution in [0.5, 0.6) is 5.75 Å². The van der Waals surface area contributed by atoms with Crippen LogP contribution in [0.4, 0.5) is 4.39 Å². The summed E-state index contributed by atoms with van der Waals surface area (Å²) in [5.74, 6) is 0.537. The number of halogens is 1. The van der Waals surface area contributed by atoms with Crippen molar-refractivity contribution in [2.24, 2.45) is 11.7 Å². The fourth-order valence-electron chi connectivity index (χ4n) is 1.32. The van der Waals surface area contributed by atoms with Gasteiger partial charge in [-0.2, -0.15) is 0 Å². The van der Waals surface area contributed by atoms with Crippen LogP contribution in [0, 0.1) is 11.7 Å². The second-order valence-electron chi connectivity index (χ2n) is 4.51. The lowest BCUT2D eigenvalue weighted by Gasteiger charge is -2.11. The molecule has 0 amide bonds. The molecule has 0 saturated heterocycles. The monoisotopic (exact) mass is 225 g/mol. The van der Waals surface area contributed by atoms with E-state index in [2.05, 4.69) is 13.8 Å². The summed E-state index contributed by atoms with van der Waals surface area (Å²) in [6.07, 6.45) is 0.925. The van der Waals surface area contributed by atoms with Crippen molar-refractivity contribution in [3.8, 4) is 5.75 Å². The van der Waals surface area contributed by atoms with E-state index in [1.54, 1.807) is 12.1 Å². The van der Waals surface area contributed by atoms with Gasteiger partial charge in [0, 0.05) is 6.04 Å². The van der Waals surface area contributed by atoms with Crippen molar-refractivity contribution in [2.75, 3.05) is 6.61 Å². The highest BCUT2D eigenvalue weighted by Crippen LogP contribution is 2.21. The van der Waals surface area contributed by atoms with Crippen molar-refractivity contribution in [2.45, 2.75) is 33.2 Å². The van der Waals surface area contributed by atoms with E-state index >= 15 is 0 Å². The van der Waals surface area contributed by atoms with Crippen LogP contribution in [-0.4, -0.2) is 6.61 Å². The molecule has 0 saturated carbocycles. The largest absolute Gasteiger partial charge is 0.491 e. The Hall–Kier alpha value is -1.09. The Labute approximate surface area is 96.6 Å². The quantitative estimate of drug-likeness (QED) is 0.834. The highest BCUT2D eigenvalue weighted by Gasteiger charge is 2.07. The zero-order valence-corrected chi connectivity index (χ0v) is 10.2. The normalized spacial score (nSPS) is 12.9. The first-order valence-electron chi connectivity index (χ1n) is 5.68.